The fraction of sp³-hybridized carbons (Fsp3) is 0.300. The highest BCUT2D eigenvalue weighted by molar-refractivity contribution is 6.13. The van der Waals surface area contributed by atoms with E-state index in [-0.39, 0.29) is 44.6 Å². The summed E-state index contributed by atoms with van der Waals surface area (Å²) in [6, 6.07) is 11.9. The molecule has 0 bridgehead atoms. The Bertz CT molecular complexity index is 1840. The zero-order valence-corrected chi connectivity index (χ0v) is 22.5. The summed E-state index contributed by atoms with van der Waals surface area (Å²) in [6.07, 6.45) is -6.01. The molecule has 2 N–H and O–H groups in total. The van der Waals surface area contributed by atoms with Crippen LogP contribution in [0.4, 0.5) is 17.6 Å². The Kier molecular flexibility index (Phi) is 7.33. The number of benzene rings is 2. The van der Waals surface area contributed by atoms with Gasteiger partial charge >= 0.3 is 6.18 Å². The Hall–Kier alpha value is -4.25. The zero-order chi connectivity index (χ0) is 29.5. The van der Waals surface area contributed by atoms with Crippen LogP contribution in [0.3, 0.4) is 0 Å². The molecule has 214 valence electrons. The molecule has 11 heteroatoms. The van der Waals surface area contributed by atoms with E-state index in [9.17, 15) is 27.2 Å². The van der Waals surface area contributed by atoms with Crippen LogP contribution in [-0.4, -0.2) is 42.3 Å². The van der Waals surface area contributed by atoms with Crippen molar-refractivity contribution >= 4 is 38.9 Å². The van der Waals surface area contributed by atoms with Gasteiger partial charge in [0.2, 0.25) is 5.71 Å². The second-order valence-corrected chi connectivity index (χ2v) is 10.8. The summed E-state index contributed by atoms with van der Waals surface area (Å²) < 4.78 is 64.6. The Morgan fingerprint density at radius 1 is 1.10 bits per heavy atom. The lowest BCUT2D eigenvalue weighted by Gasteiger charge is -2.23. The van der Waals surface area contributed by atoms with Gasteiger partial charge in [-0.25, -0.2) is 9.37 Å². The Morgan fingerprint density at radius 2 is 1.88 bits per heavy atom. The molecule has 3 aromatic heterocycles. The number of aryl methyl sites for hydroxylation is 1. The number of carbonyl (C=O) groups is 1. The monoisotopic (exact) mass is 569 g/mol. The van der Waals surface area contributed by atoms with Crippen LogP contribution in [0.2, 0.25) is 0 Å². The lowest BCUT2D eigenvalue weighted by atomic mass is 9.94. The topological polar surface area (TPSA) is 97.2 Å². The standard InChI is InChI=1S/C30H27F4N3O4/c1-29(2,15-40-3)14-35-26(38)17-6-4-5-16(11-17)20-13-21-24-25(19-8-7-18(31)12-23(19)36-27(24)39)41-28(21)37-22(20)9-10-30(32,33)34/h4-8,11-13H,9-10,14-15H2,1-3H3,(H,35,38)(H,36,39). The Labute approximate surface area is 231 Å². The first kappa shape index (κ1) is 28.3. The number of aromatic amines is 1. The van der Waals surface area contributed by atoms with Gasteiger partial charge in [-0.3, -0.25) is 9.59 Å². The van der Waals surface area contributed by atoms with Crippen molar-refractivity contribution in [2.75, 3.05) is 20.3 Å². The van der Waals surface area contributed by atoms with Crippen molar-refractivity contribution in [3.63, 3.8) is 0 Å². The quantitative estimate of drug-likeness (QED) is 0.207. The number of hydrogen-bond acceptors (Lipinski definition) is 5. The van der Waals surface area contributed by atoms with Gasteiger partial charge < -0.3 is 19.5 Å². The summed E-state index contributed by atoms with van der Waals surface area (Å²) in [5.74, 6) is -0.907. The average Bonchev–Trinajstić information content (AvgIpc) is 3.28. The van der Waals surface area contributed by atoms with E-state index in [4.69, 9.17) is 9.15 Å². The number of halogens is 4. The van der Waals surface area contributed by atoms with Crippen LogP contribution in [0.1, 0.15) is 36.3 Å². The normalized spacial score (nSPS) is 12.5. The minimum absolute atomic E-state index is 0.0162. The van der Waals surface area contributed by atoms with Crippen LogP contribution in [0, 0.1) is 11.2 Å². The number of carbonyl (C=O) groups excluding carboxylic acids is 1. The maximum atomic E-state index is 13.8. The van der Waals surface area contributed by atoms with Crippen LogP contribution in [-0.2, 0) is 11.2 Å². The summed E-state index contributed by atoms with van der Waals surface area (Å²) in [4.78, 5) is 33.0. The fourth-order valence-corrected chi connectivity index (χ4v) is 4.87. The predicted molar refractivity (Wildman–Crippen MR) is 147 cm³/mol. The number of alkyl halides is 3. The minimum atomic E-state index is -4.43. The number of nitrogens with zero attached hydrogens (tertiary/aromatic N) is 1. The van der Waals surface area contributed by atoms with E-state index in [0.29, 0.717) is 35.2 Å². The highest BCUT2D eigenvalue weighted by Crippen LogP contribution is 2.36. The van der Waals surface area contributed by atoms with Crippen molar-refractivity contribution in [2.24, 2.45) is 5.41 Å². The molecule has 2 aromatic carbocycles. The second-order valence-electron chi connectivity index (χ2n) is 10.8. The predicted octanol–water partition coefficient (Wildman–Crippen LogP) is 6.53. The molecular weight excluding hydrogens is 542 g/mol. The molecule has 0 aliphatic heterocycles. The molecule has 0 atom stereocenters. The van der Waals surface area contributed by atoms with Gasteiger partial charge in [0, 0.05) is 42.0 Å². The first-order valence-electron chi connectivity index (χ1n) is 12.9. The number of fused-ring (bicyclic) bond motifs is 5. The van der Waals surface area contributed by atoms with E-state index in [1.165, 1.54) is 12.1 Å². The third-order valence-corrected chi connectivity index (χ3v) is 6.81. The molecule has 0 aliphatic rings. The van der Waals surface area contributed by atoms with E-state index in [0.717, 1.165) is 6.07 Å². The van der Waals surface area contributed by atoms with E-state index in [1.807, 2.05) is 13.8 Å². The summed E-state index contributed by atoms with van der Waals surface area (Å²) in [5, 5.41) is 3.72. The fourth-order valence-electron chi connectivity index (χ4n) is 4.87. The number of ether oxygens (including phenoxy) is 1. The van der Waals surface area contributed by atoms with Gasteiger partial charge in [0.1, 0.15) is 5.82 Å². The second kappa shape index (κ2) is 10.6. The molecule has 0 spiro atoms. The SMILES string of the molecule is COCC(C)(C)CNC(=O)c1cccc(-c2cc3c(nc2CCC(F)(F)F)oc2c4ccc(F)cc4[nH]c(=O)c32)c1. The van der Waals surface area contributed by atoms with E-state index in [1.54, 1.807) is 37.4 Å². The number of pyridine rings is 2. The van der Waals surface area contributed by atoms with Gasteiger partial charge in [0.05, 0.1) is 28.6 Å². The number of H-pyrrole nitrogens is 1. The molecule has 0 radical (unpaired) electrons. The van der Waals surface area contributed by atoms with Gasteiger partial charge in [-0.2, -0.15) is 13.2 Å². The maximum Gasteiger partial charge on any atom is 0.389 e. The molecule has 0 saturated heterocycles. The molecule has 0 saturated carbocycles. The smallest absolute Gasteiger partial charge is 0.389 e. The third kappa shape index (κ3) is 5.95. The van der Waals surface area contributed by atoms with E-state index < -0.39 is 30.4 Å². The minimum Gasteiger partial charge on any atom is -0.437 e. The molecule has 1 amide bonds. The van der Waals surface area contributed by atoms with Gasteiger partial charge in [0.25, 0.3) is 11.5 Å². The number of nitrogens with one attached hydrogen (secondary N) is 2. The van der Waals surface area contributed by atoms with Crippen molar-refractivity contribution < 1.29 is 31.5 Å². The largest absolute Gasteiger partial charge is 0.437 e. The Morgan fingerprint density at radius 3 is 2.61 bits per heavy atom. The lowest BCUT2D eigenvalue weighted by molar-refractivity contribution is -0.134. The van der Waals surface area contributed by atoms with Crippen molar-refractivity contribution in [2.45, 2.75) is 32.9 Å². The first-order valence-corrected chi connectivity index (χ1v) is 12.9. The van der Waals surface area contributed by atoms with Crippen LogP contribution in [0.15, 0.2) is 57.7 Å². The molecule has 0 aliphatic carbocycles. The highest BCUT2D eigenvalue weighted by Gasteiger charge is 2.28. The number of amides is 1. The molecule has 0 fully saturated rings. The number of rotatable bonds is 8. The molecule has 5 aromatic rings. The van der Waals surface area contributed by atoms with Crippen LogP contribution in [0.5, 0.6) is 0 Å². The summed E-state index contributed by atoms with van der Waals surface area (Å²) in [5.41, 5.74) is 0.666. The van der Waals surface area contributed by atoms with E-state index in [2.05, 4.69) is 15.3 Å². The zero-order valence-electron chi connectivity index (χ0n) is 22.5. The molecule has 5 rings (SSSR count). The summed E-state index contributed by atoms with van der Waals surface area (Å²) >= 11 is 0. The van der Waals surface area contributed by atoms with Crippen molar-refractivity contribution in [1.82, 2.24) is 15.3 Å². The van der Waals surface area contributed by atoms with Gasteiger partial charge in [-0.15, -0.1) is 0 Å². The molecule has 41 heavy (non-hydrogen) atoms. The van der Waals surface area contributed by atoms with Crippen LogP contribution in [0.25, 0.3) is 44.1 Å². The van der Waals surface area contributed by atoms with Crippen molar-refractivity contribution in [3.8, 4) is 11.1 Å². The maximum absolute atomic E-state index is 13.8. The van der Waals surface area contributed by atoms with Crippen LogP contribution < -0.4 is 10.9 Å². The van der Waals surface area contributed by atoms with Crippen molar-refractivity contribution in [3.05, 3.63) is 76.0 Å². The molecule has 0 unspecified atom stereocenters. The first-order chi connectivity index (χ1) is 19.3. The molecular formula is C30H27F4N3O4. The average molecular weight is 570 g/mol. The number of hydrogen-bond donors (Lipinski definition) is 2. The third-order valence-electron chi connectivity index (χ3n) is 6.81. The Balaban J connectivity index is 1.64. The lowest BCUT2D eigenvalue weighted by Crippen LogP contribution is -2.36. The molecule has 7 nitrogen and oxygen atoms in total. The van der Waals surface area contributed by atoms with Gasteiger partial charge in [-0.1, -0.05) is 26.0 Å². The number of aromatic nitrogens is 2. The number of furan rings is 1. The van der Waals surface area contributed by atoms with E-state index >= 15 is 0 Å². The van der Waals surface area contributed by atoms with Gasteiger partial charge in [-0.05, 0) is 48.4 Å². The van der Waals surface area contributed by atoms with Gasteiger partial charge in [0.15, 0.2) is 5.58 Å². The summed E-state index contributed by atoms with van der Waals surface area (Å²) in [7, 11) is 1.58. The molecule has 3 heterocycles. The van der Waals surface area contributed by atoms with Crippen molar-refractivity contribution in [1.29, 1.82) is 0 Å². The van der Waals surface area contributed by atoms with Crippen LogP contribution >= 0.6 is 0 Å². The number of methoxy groups -OCH3 is 1. The highest BCUT2D eigenvalue weighted by atomic mass is 19.4. The summed E-state index contributed by atoms with van der Waals surface area (Å²) in [6.45, 7) is 4.66.